The van der Waals surface area contributed by atoms with Crippen LogP contribution in [0.25, 0.3) is 0 Å². The van der Waals surface area contributed by atoms with Crippen molar-refractivity contribution in [3.8, 4) is 0 Å². The zero-order chi connectivity index (χ0) is 14.3. The topological polar surface area (TPSA) is 55.6 Å². The van der Waals surface area contributed by atoms with E-state index in [0.717, 1.165) is 31.6 Å². The van der Waals surface area contributed by atoms with E-state index in [1.165, 1.54) is 7.11 Å². The van der Waals surface area contributed by atoms with E-state index in [1.807, 2.05) is 12.1 Å². The number of rotatable bonds is 7. The molecule has 0 aliphatic carbocycles. The van der Waals surface area contributed by atoms with Gasteiger partial charge in [0.2, 0.25) is 0 Å². The summed E-state index contributed by atoms with van der Waals surface area (Å²) in [6, 6.07) is 7.44. The largest absolute Gasteiger partial charge is 0.465 e. The van der Waals surface area contributed by atoms with Gasteiger partial charge in [-0.25, -0.2) is 4.79 Å². The van der Waals surface area contributed by atoms with Gasteiger partial charge in [-0.1, -0.05) is 31.3 Å². The van der Waals surface area contributed by atoms with E-state index in [1.54, 1.807) is 12.1 Å². The van der Waals surface area contributed by atoms with Crippen LogP contribution in [0.15, 0.2) is 24.3 Å². The van der Waals surface area contributed by atoms with Crippen LogP contribution in [0.5, 0.6) is 0 Å². The van der Waals surface area contributed by atoms with Crippen molar-refractivity contribution in [2.24, 2.45) is 5.73 Å². The lowest BCUT2D eigenvalue weighted by Crippen LogP contribution is -2.27. The summed E-state index contributed by atoms with van der Waals surface area (Å²) in [6.07, 6.45) is 0.726. The normalized spacial score (nSPS) is 10.5. The first kappa shape index (κ1) is 15.6. The van der Waals surface area contributed by atoms with E-state index in [-0.39, 0.29) is 5.97 Å². The summed E-state index contributed by atoms with van der Waals surface area (Å²) in [5, 5.41) is 0. The van der Waals surface area contributed by atoms with Crippen LogP contribution >= 0.6 is 12.2 Å². The quantitative estimate of drug-likeness (QED) is 0.611. The molecule has 0 aromatic heterocycles. The molecule has 1 rings (SSSR count). The number of benzene rings is 1. The molecule has 0 saturated carbocycles. The Morgan fingerprint density at radius 1 is 1.37 bits per heavy atom. The Hall–Kier alpha value is -1.46. The molecular formula is C14H20N2O2S. The summed E-state index contributed by atoms with van der Waals surface area (Å²) in [5.74, 6) is -0.313. The Labute approximate surface area is 119 Å². The summed E-state index contributed by atoms with van der Waals surface area (Å²) in [5.41, 5.74) is 7.23. The molecule has 0 atom stereocenters. The van der Waals surface area contributed by atoms with Crippen LogP contribution in [0.4, 0.5) is 0 Å². The van der Waals surface area contributed by atoms with Gasteiger partial charge >= 0.3 is 5.97 Å². The minimum atomic E-state index is -0.313. The first-order valence-electron chi connectivity index (χ1n) is 6.24. The van der Waals surface area contributed by atoms with Crippen LogP contribution in [0.1, 0.15) is 29.3 Å². The Morgan fingerprint density at radius 3 is 2.47 bits per heavy atom. The van der Waals surface area contributed by atoms with Crippen molar-refractivity contribution < 1.29 is 9.53 Å². The van der Waals surface area contributed by atoms with Crippen molar-refractivity contribution in [3.63, 3.8) is 0 Å². The fourth-order valence-corrected chi connectivity index (χ4v) is 1.83. The molecule has 1 aromatic rings. The number of carbonyl (C=O) groups excluding carboxylic acids is 1. The minimum Gasteiger partial charge on any atom is -0.465 e. The lowest BCUT2D eigenvalue weighted by Gasteiger charge is -2.20. The van der Waals surface area contributed by atoms with E-state index in [4.69, 9.17) is 18.0 Å². The summed E-state index contributed by atoms with van der Waals surface area (Å²) in [6.45, 7) is 4.70. The monoisotopic (exact) mass is 280 g/mol. The maximum atomic E-state index is 11.3. The molecule has 0 unspecified atom stereocenters. The third-order valence-electron chi connectivity index (χ3n) is 2.90. The molecule has 104 valence electrons. The Balaban J connectivity index is 2.60. The molecule has 0 heterocycles. The third kappa shape index (κ3) is 5.36. The van der Waals surface area contributed by atoms with E-state index < -0.39 is 0 Å². The van der Waals surface area contributed by atoms with Crippen molar-refractivity contribution in [2.45, 2.75) is 19.9 Å². The molecule has 0 radical (unpaired) electrons. The molecule has 1 aromatic carbocycles. The summed E-state index contributed by atoms with van der Waals surface area (Å²) >= 11 is 4.89. The van der Waals surface area contributed by atoms with Gasteiger partial charge in [-0.3, -0.25) is 4.90 Å². The van der Waals surface area contributed by atoms with E-state index in [9.17, 15) is 4.79 Å². The molecule has 0 spiro atoms. The van der Waals surface area contributed by atoms with Crippen molar-refractivity contribution in [1.82, 2.24) is 4.90 Å². The standard InChI is InChI=1S/C14H20N2O2S/c1-3-16(9-8-13(15)19)10-11-4-6-12(7-5-11)14(17)18-2/h4-7H,3,8-10H2,1-2H3,(H2,15,19). The van der Waals surface area contributed by atoms with Crippen LogP contribution in [-0.4, -0.2) is 36.1 Å². The average molecular weight is 280 g/mol. The van der Waals surface area contributed by atoms with Gasteiger partial charge in [0.15, 0.2) is 0 Å². The van der Waals surface area contributed by atoms with Gasteiger partial charge in [-0.05, 0) is 24.2 Å². The lowest BCUT2D eigenvalue weighted by molar-refractivity contribution is 0.0600. The number of nitrogens with zero attached hydrogens (tertiary/aromatic N) is 1. The first-order chi connectivity index (χ1) is 9.06. The summed E-state index contributed by atoms with van der Waals surface area (Å²) < 4.78 is 4.67. The maximum Gasteiger partial charge on any atom is 0.337 e. The number of nitrogens with two attached hydrogens (primary N) is 1. The number of methoxy groups -OCH3 is 1. The fraction of sp³-hybridized carbons (Fsp3) is 0.429. The Morgan fingerprint density at radius 2 is 2.00 bits per heavy atom. The second kappa shape index (κ2) is 7.86. The molecule has 0 bridgehead atoms. The highest BCUT2D eigenvalue weighted by Crippen LogP contribution is 2.09. The molecule has 0 amide bonds. The van der Waals surface area contributed by atoms with E-state index in [0.29, 0.717) is 10.6 Å². The molecule has 0 aliphatic heterocycles. The molecule has 19 heavy (non-hydrogen) atoms. The fourth-order valence-electron chi connectivity index (χ4n) is 1.74. The van der Waals surface area contributed by atoms with Gasteiger partial charge in [-0.15, -0.1) is 0 Å². The van der Waals surface area contributed by atoms with Gasteiger partial charge in [0.1, 0.15) is 0 Å². The molecule has 2 N–H and O–H groups in total. The van der Waals surface area contributed by atoms with Crippen LogP contribution in [-0.2, 0) is 11.3 Å². The second-order valence-electron chi connectivity index (χ2n) is 4.27. The van der Waals surface area contributed by atoms with Crippen molar-refractivity contribution in [3.05, 3.63) is 35.4 Å². The van der Waals surface area contributed by atoms with Crippen molar-refractivity contribution in [2.75, 3.05) is 20.2 Å². The van der Waals surface area contributed by atoms with Crippen LogP contribution < -0.4 is 5.73 Å². The summed E-state index contributed by atoms with van der Waals surface area (Å²) in [4.78, 5) is 14.1. The highest BCUT2D eigenvalue weighted by molar-refractivity contribution is 7.80. The number of ether oxygens (including phenoxy) is 1. The van der Waals surface area contributed by atoms with Crippen LogP contribution in [0.3, 0.4) is 0 Å². The van der Waals surface area contributed by atoms with Crippen LogP contribution in [0, 0.1) is 0 Å². The number of esters is 1. The number of hydrogen-bond acceptors (Lipinski definition) is 4. The van der Waals surface area contributed by atoms with Crippen molar-refractivity contribution in [1.29, 1.82) is 0 Å². The van der Waals surface area contributed by atoms with Crippen molar-refractivity contribution >= 4 is 23.2 Å². The number of hydrogen-bond donors (Lipinski definition) is 1. The molecule has 4 nitrogen and oxygen atoms in total. The second-order valence-corrected chi connectivity index (χ2v) is 4.80. The molecule has 0 fully saturated rings. The van der Waals surface area contributed by atoms with Gasteiger partial charge in [-0.2, -0.15) is 0 Å². The third-order valence-corrected chi connectivity index (χ3v) is 3.11. The zero-order valence-electron chi connectivity index (χ0n) is 11.4. The zero-order valence-corrected chi connectivity index (χ0v) is 12.2. The van der Waals surface area contributed by atoms with E-state index in [2.05, 4.69) is 16.6 Å². The number of carbonyl (C=O) groups is 1. The predicted molar refractivity (Wildman–Crippen MR) is 80.1 cm³/mol. The molecule has 0 saturated heterocycles. The summed E-state index contributed by atoms with van der Waals surface area (Å²) in [7, 11) is 1.38. The Kier molecular flexibility index (Phi) is 6.45. The predicted octanol–water partition coefficient (Wildman–Crippen LogP) is 1.97. The van der Waals surface area contributed by atoms with Gasteiger partial charge in [0, 0.05) is 19.5 Å². The number of thiocarbonyl (C=S) groups is 1. The van der Waals surface area contributed by atoms with Gasteiger partial charge in [0.25, 0.3) is 0 Å². The smallest absolute Gasteiger partial charge is 0.337 e. The SMILES string of the molecule is CCN(CCC(N)=S)Cc1ccc(C(=O)OC)cc1. The molecule has 5 heteroatoms. The Bertz CT molecular complexity index is 432. The highest BCUT2D eigenvalue weighted by Gasteiger charge is 2.07. The highest BCUT2D eigenvalue weighted by atomic mass is 32.1. The molecular weight excluding hydrogens is 260 g/mol. The van der Waals surface area contributed by atoms with Gasteiger partial charge in [0.05, 0.1) is 17.7 Å². The lowest BCUT2D eigenvalue weighted by atomic mass is 10.1. The van der Waals surface area contributed by atoms with Crippen LogP contribution in [0.2, 0.25) is 0 Å². The first-order valence-corrected chi connectivity index (χ1v) is 6.65. The van der Waals surface area contributed by atoms with E-state index >= 15 is 0 Å². The van der Waals surface area contributed by atoms with Gasteiger partial charge < -0.3 is 10.5 Å². The minimum absolute atomic E-state index is 0.313. The molecule has 0 aliphatic rings. The maximum absolute atomic E-state index is 11.3. The average Bonchev–Trinajstić information content (AvgIpc) is 2.43.